The number of aryl methyl sites for hydroxylation is 1. The molecule has 2 aliphatic rings. The van der Waals surface area contributed by atoms with E-state index in [4.69, 9.17) is 16.3 Å². The second-order valence-corrected chi connectivity index (χ2v) is 13.3. The molecule has 6 rings (SSSR count). The van der Waals surface area contributed by atoms with Crippen LogP contribution in [0.2, 0.25) is 5.02 Å². The lowest BCUT2D eigenvalue weighted by Crippen LogP contribution is -2.57. The van der Waals surface area contributed by atoms with E-state index >= 15 is 0 Å². The molecule has 0 spiro atoms. The van der Waals surface area contributed by atoms with Crippen LogP contribution in [0.25, 0.3) is 10.9 Å². The van der Waals surface area contributed by atoms with E-state index in [0.717, 1.165) is 29.3 Å². The van der Waals surface area contributed by atoms with E-state index < -0.39 is 18.2 Å². The lowest BCUT2D eigenvalue weighted by molar-refractivity contribution is -0.139. The number of hydrogen-bond acceptors (Lipinski definition) is 8. The van der Waals surface area contributed by atoms with Crippen LogP contribution in [0.4, 0.5) is 0 Å². The molecule has 0 saturated carbocycles. The highest BCUT2D eigenvalue weighted by molar-refractivity contribution is 6.31. The topological polar surface area (TPSA) is 153 Å². The highest BCUT2D eigenvalue weighted by Gasteiger charge is 2.48. The normalized spacial score (nSPS) is 20.1. The maximum atomic E-state index is 14.2. The highest BCUT2D eigenvalue weighted by atomic mass is 35.5. The van der Waals surface area contributed by atoms with Crippen LogP contribution < -0.4 is 15.4 Å². The van der Waals surface area contributed by atoms with Crippen LogP contribution in [-0.2, 0) is 22.4 Å². The Morgan fingerprint density at radius 3 is 2.65 bits per heavy atom. The lowest BCUT2D eigenvalue weighted by Gasteiger charge is -2.40. The average Bonchev–Trinajstić information content (AvgIpc) is 3.74. The number of benzene rings is 2. The van der Waals surface area contributed by atoms with Crippen LogP contribution >= 0.6 is 11.6 Å². The number of nitrogens with zero attached hydrogens (tertiary/aromatic N) is 4. The van der Waals surface area contributed by atoms with E-state index in [1.54, 1.807) is 22.9 Å². The van der Waals surface area contributed by atoms with Gasteiger partial charge in [0.15, 0.2) is 5.69 Å². The number of likely N-dealkylation sites (tertiary alicyclic amines) is 2. The number of likely N-dealkylation sites (N-methyl/N-ethyl adjacent to an activating group) is 1. The number of piperidine rings is 1. The third-order valence-electron chi connectivity index (χ3n) is 9.80. The van der Waals surface area contributed by atoms with E-state index in [9.17, 15) is 19.5 Å². The Morgan fingerprint density at radius 1 is 1.08 bits per heavy atom. The average molecular weight is 688 g/mol. The molecule has 2 aliphatic heterocycles. The van der Waals surface area contributed by atoms with Crippen LogP contribution in [0.1, 0.15) is 34.5 Å². The number of fused-ring (bicyclic) bond motifs is 2. The van der Waals surface area contributed by atoms with Gasteiger partial charge in [-0.15, -0.1) is 0 Å². The number of hydrogen-bond donors (Lipinski definition) is 4. The molecular weight excluding hydrogens is 646 g/mol. The molecule has 0 aliphatic carbocycles. The van der Waals surface area contributed by atoms with Gasteiger partial charge in [-0.2, -0.15) is 0 Å². The van der Waals surface area contributed by atoms with Gasteiger partial charge < -0.3 is 29.9 Å². The first kappa shape index (κ1) is 34.3. The molecule has 13 heteroatoms. The number of amides is 3. The summed E-state index contributed by atoms with van der Waals surface area (Å²) < 4.78 is 5.17. The van der Waals surface area contributed by atoms with Gasteiger partial charge in [-0.3, -0.25) is 24.7 Å². The maximum Gasteiger partial charge on any atom is 0.274 e. The third kappa shape index (κ3) is 7.87. The molecule has 49 heavy (non-hydrogen) atoms. The number of H-pyrrole nitrogens is 1. The number of aliphatic hydroxyl groups is 1. The lowest BCUT2D eigenvalue weighted by atomic mass is 9.79. The minimum atomic E-state index is -0.958. The Hall–Kier alpha value is -4.52. The van der Waals surface area contributed by atoms with E-state index in [1.807, 2.05) is 36.5 Å². The quantitative estimate of drug-likeness (QED) is 0.166. The summed E-state index contributed by atoms with van der Waals surface area (Å²) in [6.07, 6.45) is 5.97. The molecule has 2 aromatic carbocycles. The summed E-state index contributed by atoms with van der Waals surface area (Å²) in [5.41, 5.74) is 3.03. The number of aromatic nitrogens is 3. The van der Waals surface area contributed by atoms with Gasteiger partial charge in [-0.1, -0.05) is 48.0 Å². The van der Waals surface area contributed by atoms with Gasteiger partial charge in [-0.25, -0.2) is 4.98 Å². The maximum absolute atomic E-state index is 14.2. The summed E-state index contributed by atoms with van der Waals surface area (Å²) in [5, 5.41) is 18.3. The molecule has 2 fully saturated rings. The highest BCUT2D eigenvalue weighted by Crippen LogP contribution is 2.37. The second-order valence-electron chi connectivity index (χ2n) is 12.9. The summed E-state index contributed by atoms with van der Waals surface area (Å²) >= 11 is 6.17. The fourth-order valence-electron chi connectivity index (χ4n) is 7.18. The van der Waals surface area contributed by atoms with Gasteiger partial charge in [0.2, 0.25) is 17.7 Å². The first-order valence-corrected chi connectivity index (χ1v) is 17.0. The van der Waals surface area contributed by atoms with Gasteiger partial charge in [0.25, 0.3) is 5.91 Å². The van der Waals surface area contributed by atoms with Crippen LogP contribution in [0.3, 0.4) is 0 Å². The number of aromatic amines is 1. The molecule has 4 aromatic rings. The molecule has 5 atom stereocenters. The number of carbonyl (C=O) groups excluding carboxylic acids is 3. The molecule has 12 nitrogen and oxygen atoms in total. The van der Waals surface area contributed by atoms with E-state index in [1.165, 1.54) is 25.1 Å². The molecular formula is C36H42ClN7O5. The Bertz CT molecular complexity index is 1790. The Balaban J connectivity index is 1.21. The van der Waals surface area contributed by atoms with Crippen molar-refractivity contribution in [1.82, 2.24) is 35.4 Å². The van der Waals surface area contributed by atoms with Gasteiger partial charge >= 0.3 is 0 Å². The number of nitrogens with one attached hydrogen (secondary N) is 3. The number of methoxy groups -OCH3 is 1. The van der Waals surface area contributed by atoms with Crippen molar-refractivity contribution in [3.8, 4) is 5.88 Å². The number of halogens is 1. The number of aliphatic hydroxyl groups excluding tert-OH is 1. The van der Waals surface area contributed by atoms with Crippen molar-refractivity contribution in [3.05, 3.63) is 89.0 Å². The summed E-state index contributed by atoms with van der Waals surface area (Å²) in [5.74, 6) is -1.35. The molecule has 2 aromatic heterocycles. The number of ether oxygens (including phenoxy) is 1. The molecule has 4 N–H and O–H groups in total. The van der Waals surface area contributed by atoms with Crippen molar-refractivity contribution in [2.24, 2.45) is 17.8 Å². The molecule has 258 valence electrons. The Kier molecular flexibility index (Phi) is 10.8. The molecule has 3 amide bonds. The monoisotopic (exact) mass is 687 g/mol. The van der Waals surface area contributed by atoms with Crippen LogP contribution in [0, 0.1) is 17.8 Å². The number of carbonyl (C=O) groups is 3. The summed E-state index contributed by atoms with van der Waals surface area (Å²) in [6.45, 7) is 1.31. The fraction of sp³-hybridized carbons (Fsp3) is 0.417. The van der Waals surface area contributed by atoms with E-state index in [2.05, 4.69) is 37.7 Å². The van der Waals surface area contributed by atoms with Crippen LogP contribution in [0.5, 0.6) is 5.88 Å². The van der Waals surface area contributed by atoms with Crippen LogP contribution in [-0.4, -0.2) is 100 Å². The van der Waals surface area contributed by atoms with Crippen molar-refractivity contribution in [2.75, 3.05) is 40.3 Å². The van der Waals surface area contributed by atoms with Crippen molar-refractivity contribution in [3.63, 3.8) is 0 Å². The SMILES string of the molecule is CNC(O)[C@H](CCCc1ccccc1)NC(=O)C1CN(C(=O)Cc2c[nH]c3cc(Cl)ccc23)CC2CN(C(=O)c3cncc(OC)n3)CC21. The Morgan fingerprint density at radius 2 is 1.88 bits per heavy atom. The molecule has 2 saturated heterocycles. The van der Waals surface area contributed by atoms with Gasteiger partial charge in [0.1, 0.15) is 6.23 Å². The minimum Gasteiger partial charge on any atom is -0.480 e. The van der Waals surface area contributed by atoms with Crippen LogP contribution in [0.15, 0.2) is 67.1 Å². The smallest absolute Gasteiger partial charge is 0.274 e. The van der Waals surface area contributed by atoms with E-state index in [0.29, 0.717) is 31.1 Å². The molecule has 4 unspecified atom stereocenters. The molecule has 4 heterocycles. The summed E-state index contributed by atoms with van der Waals surface area (Å²) in [4.78, 5) is 56.6. The largest absolute Gasteiger partial charge is 0.480 e. The number of rotatable bonds is 12. The van der Waals surface area contributed by atoms with Gasteiger partial charge in [0, 0.05) is 48.3 Å². The summed E-state index contributed by atoms with van der Waals surface area (Å²) in [7, 11) is 3.11. The Labute approximate surface area is 290 Å². The van der Waals surface area contributed by atoms with Crippen molar-refractivity contribution in [1.29, 1.82) is 0 Å². The zero-order chi connectivity index (χ0) is 34.5. The van der Waals surface area contributed by atoms with Gasteiger partial charge in [0.05, 0.1) is 37.9 Å². The first-order valence-electron chi connectivity index (χ1n) is 16.6. The predicted octanol–water partition coefficient (Wildman–Crippen LogP) is 3.05. The minimum absolute atomic E-state index is 0.106. The van der Waals surface area contributed by atoms with E-state index in [-0.39, 0.29) is 54.1 Å². The third-order valence-corrected chi connectivity index (χ3v) is 10.0. The second kappa shape index (κ2) is 15.4. The summed E-state index contributed by atoms with van der Waals surface area (Å²) in [6, 6.07) is 15.1. The zero-order valence-electron chi connectivity index (χ0n) is 27.6. The van der Waals surface area contributed by atoms with Crippen molar-refractivity contribution >= 4 is 40.2 Å². The standard InChI is InChI=1S/C36H42ClN7O5/c1-38-35(47)29(10-6-9-22-7-4-3-5-8-22)42-34(46)28-21-43(33(45)13-23-15-40-30-14-25(37)11-12-26(23)30)18-24-19-44(20-27(24)28)36(48)31-16-39-17-32(41-31)49-2/h3-5,7-8,11-12,14-17,24,27-29,35,38,40,47H,6,9-10,13,18-21H2,1-2H3,(H,42,46)/t24?,27?,28?,29-,35?/m0/s1. The predicted molar refractivity (Wildman–Crippen MR) is 185 cm³/mol. The fourth-order valence-corrected chi connectivity index (χ4v) is 7.36. The van der Waals surface area contributed by atoms with Gasteiger partial charge in [-0.05, 0) is 61.4 Å². The zero-order valence-corrected chi connectivity index (χ0v) is 28.4. The van der Waals surface area contributed by atoms with Crippen molar-refractivity contribution < 1.29 is 24.2 Å². The molecule has 0 bridgehead atoms. The van der Waals surface area contributed by atoms with Crippen molar-refractivity contribution in [2.45, 2.75) is 38.0 Å². The first-order chi connectivity index (χ1) is 23.7. The molecule has 0 radical (unpaired) electrons.